The Morgan fingerprint density at radius 3 is 1.33 bits per heavy atom. The Hall–Kier alpha value is -2.12. The SMILES string of the molecule is Cl.Cl.O=C1OCCC1NCc1ccccc1.O=C1OCCC1NCc1ccccc1. The van der Waals surface area contributed by atoms with Crippen LogP contribution in [-0.4, -0.2) is 37.2 Å². The molecular formula is C22H28Cl2N2O4. The minimum absolute atomic E-state index is 0. The Morgan fingerprint density at radius 2 is 1.03 bits per heavy atom. The van der Waals surface area contributed by atoms with E-state index >= 15 is 0 Å². The van der Waals surface area contributed by atoms with Crippen molar-refractivity contribution in [3.8, 4) is 0 Å². The Labute approximate surface area is 189 Å². The van der Waals surface area contributed by atoms with E-state index in [-0.39, 0.29) is 48.8 Å². The Morgan fingerprint density at radius 1 is 0.667 bits per heavy atom. The lowest BCUT2D eigenvalue weighted by Crippen LogP contribution is -2.32. The van der Waals surface area contributed by atoms with Crippen LogP contribution in [0.3, 0.4) is 0 Å². The lowest BCUT2D eigenvalue weighted by molar-refractivity contribution is -0.140. The fourth-order valence-electron chi connectivity index (χ4n) is 3.04. The van der Waals surface area contributed by atoms with E-state index in [1.807, 2.05) is 60.7 Å². The Kier molecular flexibility index (Phi) is 12.1. The molecule has 2 fully saturated rings. The normalized spacial score (nSPS) is 19.5. The van der Waals surface area contributed by atoms with E-state index in [2.05, 4.69) is 10.6 Å². The Balaban J connectivity index is 0.000000281. The summed E-state index contributed by atoms with van der Waals surface area (Å²) < 4.78 is 9.70. The Bertz CT molecular complexity index is 697. The molecule has 0 bridgehead atoms. The van der Waals surface area contributed by atoms with Gasteiger partial charge in [-0.25, -0.2) is 0 Å². The van der Waals surface area contributed by atoms with Gasteiger partial charge in [-0.1, -0.05) is 60.7 Å². The number of carbonyl (C=O) groups excluding carboxylic acids is 2. The average Bonchev–Trinajstić information content (AvgIpc) is 3.34. The largest absolute Gasteiger partial charge is 0.464 e. The number of rotatable bonds is 6. The first-order valence-corrected chi connectivity index (χ1v) is 9.60. The minimum Gasteiger partial charge on any atom is -0.464 e. The summed E-state index contributed by atoms with van der Waals surface area (Å²) in [6.07, 6.45) is 1.57. The topological polar surface area (TPSA) is 76.7 Å². The summed E-state index contributed by atoms with van der Waals surface area (Å²) in [5, 5.41) is 6.35. The fraction of sp³-hybridized carbons (Fsp3) is 0.364. The molecule has 0 radical (unpaired) electrons. The van der Waals surface area contributed by atoms with Crippen LogP contribution in [0.5, 0.6) is 0 Å². The molecule has 0 aliphatic carbocycles. The minimum atomic E-state index is -0.124. The quantitative estimate of drug-likeness (QED) is 0.653. The maximum atomic E-state index is 11.1. The van der Waals surface area contributed by atoms with Gasteiger partial charge in [-0.2, -0.15) is 0 Å². The molecule has 0 aromatic heterocycles. The molecule has 2 saturated heterocycles. The maximum Gasteiger partial charge on any atom is 0.323 e. The maximum absolute atomic E-state index is 11.1. The summed E-state index contributed by atoms with van der Waals surface area (Å²) in [5.74, 6) is -0.248. The zero-order valence-electron chi connectivity index (χ0n) is 16.6. The molecule has 2 atom stereocenters. The van der Waals surface area contributed by atoms with Gasteiger partial charge < -0.3 is 20.1 Å². The number of carbonyl (C=O) groups is 2. The monoisotopic (exact) mass is 454 g/mol. The van der Waals surface area contributed by atoms with Crippen LogP contribution in [0.15, 0.2) is 60.7 Å². The fourth-order valence-corrected chi connectivity index (χ4v) is 3.04. The highest BCUT2D eigenvalue weighted by Crippen LogP contribution is 2.08. The van der Waals surface area contributed by atoms with Gasteiger partial charge in [0, 0.05) is 25.9 Å². The van der Waals surface area contributed by atoms with Gasteiger partial charge >= 0.3 is 11.9 Å². The van der Waals surface area contributed by atoms with Crippen LogP contribution < -0.4 is 10.6 Å². The zero-order chi connectivity index (χ0) is 19.6. The molecule has 2 N–H and O–H groups in total. The van der Waals surface area contributed by atoms with Gasteiger partial charge in [0.15, 0.2) is 0 Å². The van der Waals surface area contributed by atoms with Crippen LogP contribution in [0.2, 0.25) is 0 Å². The standard InChI is InChI=1S/2C11H13NO2.2ClH/c2*13-11-10(6-7-14-11)12-8-9-4-2-1-3-5-9;;/h2*1-5,10,12H,6-8H2;2*1H. The van der Waals surface area contributed by atoms with Gasteiger partial charge in [0.2, 0.25) is 0 Å². The molecule has 2 unspecified atom stereocenters. The summed E-state index contributed by atoms with van der Waals surface area (Å²) in [7, 11) is 0. The molecule has 6 nitrogen and oxygen atoms in total. The van der Waals surface area contributed by atoms with Crippen molar-refractivity contribution in [3.63, 3.8) is 0 Å². The van der Waals surface area contributed by atoms with Crippen molar-refractivity contribution in [1.29, 1.82) is 0 Å². The molecular weight excluding hydrogens is 427 g/mol. The molecule has 2 aliphatic heterocycles. The number of nitrogens with one attached hydrogen (secondary N) is 2. The van der Waals surface area contributed by atoms with Crippen molar-refractivity contribution in [1.82, 2.24) is 10.6 Å². The third kappa shape index (κ3) is 8.32. The van der Waals surface area contributed by atoms with Crippen LogP contribution >= 0.6 is 24.8 Å². The molecule has 2 aliphatic rings. The predicted molar refractivity (Wildman–Crippen MR) is 120 cm³/mol. The van der Waals surface area contributed by atoms with Crippen LogP contribution in [-0.2, 0) is 32.2 Å². The first-order chi connectivity index (χ1) is 13.7. The summed E-state index contributed by atoms with van der Waals surface area (Å²) in [5.41, 5.74) is 2.37. The van der Waals surface area contributed by atoms with Crippen molar-refractivity contribution >= 4 is 36.8 Å². The first kappa shape index (κ1) is 25.9. The lowest BCUT2D eigenvalue weighted by Gasteiger charge is -2.07. The van der Waals surface area contributed by atoms with Gasteiger partial charge in [-0.15, -0.1) is 24.8 Å². The molecule has 164 valence electrons. The lowest BCUT2D eigenvalue weighted by atomic mass is 10.2. The molecule has 2 heterocycles. The summed E-state index contributed by atoms with van der Waals surface area (Å²) in [6.45, 7) is 2.54. The van der Waals surface area contributed by atoms with E-state index in [0.29, 0.717) is 13.2 Å². The van der Waals surface area contributed by atoms with E-state index in [0.717, 1.165) is 25.9 Å². The number of ether oxygens (including phenoxy) is 2. The molecule has 4 rings (SSSR count). The number of hydrogen-bond acceptors (Lipinski definition) is 6. The second-order valence-electron chi connectivity index (χ2n) is 6.75. The van der Waals surface area contributed by atoms with Crippen molar-refractivity contribution in [2.24, 2.45) is 0 Å². The highest BCUT2D eigenvalue weighted by molar-refractivity contribution is 5.85. The highest BCUT2D eigenvalue weighted by Gasteiger charge is 2.26. The highest BCUT2D eigenvalue weighted by atomic mass is 35.5. The van der Waals surface area contributed by atoms with Gasteiger partial charge in [0.05, 0.1) is 13.2 Å². The summed E-state index contributed by atoms with van der Waals surface area (Å²) in [6, 6.07) is 19.8. The van der Waals surface area contributed by atoms with Crippen molar-refractivity contribution in [2.45, 2.75) is 38.0 Å². The van der Waals surface area contributed by atoms with E-state index < -0.39 is 0 Å². The smallest absolute Gasteiger partial charge is 0.323 e. The van der Waals surface area contributed by atoms with Gasteiger partial charge in [-0.05, 0) is 11.1 Å². The van der Waals surface area contributed by atoms with Crippen LogP contribution in [0.25, 0.3) is 0 Å². The van der Waals surface area contributed by atoms with Gasteiger partial charge in [-0.3, -0.25) is 9.59 Å². The number of cyclic esters (lactones) is 2. The van der Waals surface area contributed by atoms with Crippen LogP contribution in [0, 0.1) is 0 Å². The summed E-state index contributed by atoms with van der Waals surface area (Å²) in [4.78, 5) is 22.2. The molecule has 0 amide bonds. The van der Waals surface area contributed by atoms with Crippen molar-refractivity contribution in [3.05, 3.63) is 71.8 Å². The zero-order valence-corrected chi connectivity index (χ0v) is 18.3. The molecule has 30 heavy (non-hydrogen) atoms. The molecule has 2 aromatic rings. The molecule has 0 saturated carbocycles. The molecule has 8 heteroatoms. The molecule has 2 aromatic carbocycles. The average molecular weight is 455 g/mol. The van der Waals surface area contributed by atoms with Crippen LogP contribution in [0.1, 0.15) is 24.0 Å². The predicted octanol–water partition coefficient (Wildman–Crippen LogP) is 3.03. The number of esters is 2. The van der Waals surface area contributed by atoms with E-state index in [4.69, 9.17) is 9.47 Å². The second kappa shape index (κ2) is 14.0. The number of halogens is 2. The van der Waals surface area contributed by atoms with E-state index in [1.165, 1.54) is 11.1 Å². The number of hydrogen-bond donors (Lipinski definition) is 2. The third-order valence-electron chi connectivity index (χ3n) is 4.66. The first-order valence-electron chi connectivity index (χ1n) is 9.60. The van der Waals surface area contributed by atoms with E-state index in [1.54, 1.807) is 0 Å². The van der Waals surface area contributed by atoms with Crippen LogP contribution in [0.4, 0.5) is 0 Å². The van der Waals surface area contributed by atoms with Gasteiger partial charge in [0.25, 0.3) is 0 Å². The van der Waals surface area contributed by atoms with E-state index in [9.17, 15) is 9.59 Å². The third-order valence-corrected chi connectivity index (χ3v) is 4.66. The second-order valence-corrected chi connectivity index (χ2v) is 6.75. The van der Waals surface area contributed by atoms with Crippen molar-refractivity contribution < 1.29 is 19.1 Å². The van der Waals surface area contributed by atoms with Gasteiger partial charge in [0.1, 0.15) is 12.1 Å². The molecule has 0 spiro atoms. The summed E-state index contributed by atoms with van der Waals surface area (Å²) >= 11 is 0. The van der Waals surface area contributed by atoms with Crippen molar-refractivity contribution in [2.75, 3.05) is 13.2 Å². The number of benzene rings is 2.